The highest BCUT2D eigenvalue weighted by atomic mass is 32.1. The van der Waals surface area contributed by atoms with Gasteiger partial charge >= 0.3 is 0 Å². The second-order valence-corrected chi connectivity index (χ2v) is 8.03. The van der Waals surface area contributed by atoms with E-state index in [9.17, 15) is 0 Å². The van der Waals surface area contributed by atoms with Crippen LogP contribution < -0.4 is 0 Å². The second-order valence-electron chi connectivity index (χ2n) is 7.00. The average molecular weight is 327 g/mol. The van der Waals surface area contributed by atoms with Gasteiger partial charge in [0.2, 0.25) is 0 Å². The van der Waals surface area contributed by atoms with E-state index in [1.807, 2.05) is 17.7 Å². The largest absolute Gasteiger partial charge is 0.328 e. The van der Waals surface area contributed by atoms with Gasteiger partial charge in [-0.15, -0.1) is 11.3 Å². The number of benzene rings is 1. The van der Waals surface area contributed by atoms with Crippen molar-refractivity contribution in [3.8, 4) is 10.6 Å². The van der Waals surface area contributed by atoms with Gasteiger partial charge in [-0.05, 0) is 37.8 Å². The summed E-state index contributed by atoms with van der Waals surface area (Å²) < 4.78 is 2.22. The molecule has 3 rings (SSSR count). The first-order chi connectivity index (χ1) is 10.9. The predicted octanol–water partition coefficient (Wildman–Crippen LogP) is 5.99. The molecule has 0 amide bonds. The summed E-state index contributed by atoms with van der Waals surface area (Å²) in [6.07, 6.45) is 1.94. The molecule has 0 fully saturated rings. The lowest BCUT2D eigenvalue weighted by Crippen LogP contribution is -1.97. The van der Waals surface area contributed by atoms with Gasteiger partial charge in [-0.3, -0.25) is 0 Å². The van der Waals surface area contributed by atoms with Crippen molar-refractivity contribution in [1.82, 2.24) is 14.5 Å². The van der Waals surface area contributed by atoms with Crippen LogP contribution in [0, 0.1) is 0 Å². The number of fused-ring (bicyclic) bond motifs is 1. The van der Waals surface area contributed by atoms with Crippen molar-refractivity contribution >= 4 is 22.4 Å². The molecular weight excluding hydrogens is 302 g/mol. The highest BCUT2D eigenvalue weighted by Crippen LogP contribution is 2.38. The molecule has 0 aliphatic heterocycles. The third kappa shape index (κ3) is 2.80. The smallest absolute Gasteiger partial charge is 0.126 e. The minimum Gasteiger partial charge on any atom is -0.328 e. The van der Waals surface area contributed by atoms with Crippen LogP contribution in [0.2, 0.25) is 0 Å². The summed E-state index contributed by atoms with van der Waals surface area (Å²) in [5.74, 6) is 0.955. The summed E-state index contributed by atoms with van der Waals surface area (Å²) in [7, 11) is 0. The van der Waals surface area contributed by atoms with Crippen LogP contribution in [-0.4, -0.2) is 14.5 Å². The molecule has 0 atom stereocenters. The Labute approximate surface area is 142 Å². The Morgan fingerprint density at radius 2 is 1.74 bits per heavy atom. The minimum absolute atomic E-state index is 0.406. The van der Waals surface area contributed by atoms with Crippen LogP contribution in [0.15, 0.2) is 24.5 Å². The quantitative estimate of drug-likeness (QED) is 0.589. The molecule has 0 aliphatic carbocycles. The number of hydrogen-bond donors (Lipinski definition) is 0. The zero-order valence-corrected chi connectivity index (χ0v) is 15.6. The molecule has 0 radical (unpaired) electrons. The van der Waals surface area contributed by atoms with Crippen LogP contribution in [0.3, 0.4) is 0 Å². The van der Waals surface area contributed by atoms with E-state index in [0.29, 0.717) is 17.9 Å². The molecule has 3 aromatic rings. The molecule has 4 heteroatoms. The van der Waals surface area contributed by atoms with E-state index in [-0.39, 0.29) is 0 Å². The van der Waals surface area contributed by atoms with E-state index in [4.69, 9.17) is 4.98 Å². The maximum absolute atomic E-state index is 4.97. The topological polar surface area (TPSA) is 30.7 Å². The maximum atomic E-state index is 4.97. The van der Waals surface area contributed by atoms with Gasteiger partial charge < -0.3 is 4.57 Å². The van der Waals surface area contributed by atoms with E-state index < -0.39 is 0 Å². The molecule has 2 heterocycles. The SMILES string of the molecule is CC(C)c1nc(-c2cccc3c2ncn3C(C)C)sc1C(C)C. The Balaban J connectivity index is 2.19. The van der Waals surface area contributed by atoms with Gasteiger partial charge in [0, 0.05) is 16.5 Å². The number of imidazole rings is 1. The molecule has 3 nitrogen and oxygen atoms in total. The highest BCUT2D eigenvalue weighted by Gasteiger charge is 2.19. The third-order valence-electron chi connectivity index (χ3n) is 4.14. The van der Waals surface area contributed by atoms with Crippen molar-refractivity contribution < 1.29 is 0 Å². The predicted molar refractivity (Wildman–Crippen MR) is 99.4 cm³/mol. The molecule has 1 aromatic carbocycles. The van der Waals surface area contributed by atoms with Gasteiger partial charge in [0.1, 0.15) is 5.01 Å². The number of aromatic nitrogens is 3. The lowest BCUT2D eigenvalue weighted by molar-refractivity contribution is 0.617. The van der Waals surface area contributed by atoms with Crippen LogP contribution >= 0.6 is 11.3 Å². The molecule has 0 N–H and O–H groups in total. The molecule has 0 unspecified atom stereocenters. The number of hydrogen-bond acceptors (Lipinski definition) is 3. The van der Waals surface area contributed by atoms with Gasteiger partial charge in [0.25, 0.3) is 0 Å². The van der Waals surface area contributed by atoms with Gasteiger partial charge in [0.15, 0.2) is 0 Å². The van der Waals surface area contributed by atoms with E-state index >= 15 is 0 Å². The summed E-state index contributed by atoms with van der Waals surface area (Å²) in [6, 6.07) is 6.81. The monoisotopic (exact) mass is 327 g/mol. The Bertz CT molecular complexity index is 799. The summed E-state index contributed by atoms with van der Waals surface area (Å²) in [6.45, 7) is 13.3. The van der Waals surface area contributed by atoms with Crippen molar-refractivity contribution in [2.75, 3.05) is 0 Å². The average Bonchev–Trinajstić information content (AvgIpc) is 3.11. The van der Waals surface area contributed by atoms with Crippen molar-refractivity contribution in [2.45, 2.75) is 59.4 Å². The van der Waals surface area contributed by atoms with E-state index in [2.05, 4.69) is 69.3 Å². The lowest BCUT2D eigenvalue weighted by Gasteiger charge is -2.08. The van der Waals surface area contributed by atoms with Crippen LogP contribution in [0.1, 0.15) is 70.0 Å². The van der Waals surface area contributed by atoms with Gasteiger partial charge in [0.05, 0.1) is 23.1 Å². The van der Waals surface area contributed by atoms with Crippen LogP contribution in [0.25, 0.3) is 21.6 Å². The zero-order chi connectivity index (χ0) is 16.7. The van der Waals surface area contributed by atoms with Crippen molar-refractivity contribution in [2.24, 2.45) is 0 Å². The normalized spacial score (nSPS) is 12.2. The van der Waals surface area contributed by atoms with Gasteiger partial charge in [-0.25, -0.2) is 9.97 Å². The number of thiazole rings is 1. The fraction of sp³-hybridized carbons (Fsp3) is 0.474. The molecule has 0 aliphatic rings. The van der Waals surface area contributed by atoms with Gasteiger partial charge in [-0.2, -0.15) is 0 Å². The number of para-hydroxylation sites is 1. The summed E-state index contributed by atoms with van der Waals surface area (Å²) in [5.41, 5.74) is 4.63. The first kappa shape index (κ1) is 16.2. The molecule has 0 saturated heterocycles. The first-order valence-electron chi connectivity index (χ1n) is 8.36. The van der Waals surface area contributed by atoms with Crippen LogP contribution in [-0.2, 0) is 0 Å². The minimum atomic E-state index is 0.406. The number of rotatable bonds is 4. The van der Waals surface area contributed by atoms with Crippen molar-refractivity contribution in [1.29, 1.82) is 0 Å². The summed E-state index contributed by atoms with van der Waals surface area (Å²) in [5, 5.41) is 1.09. The lowest BCUT2D eigenvalue weighted by atomic mass is 10.0. The Kier molecular flexibility index (Phi) is 4.28. The fourth-order valence-corrected chi connectivity index (χ4v) is 4.18. The summed E-state index contributed by atoms with van der Waals surface area (Å²) >= 11 is 1.82. The molecular formula is C19H25N3S. The van der Waals surface area contributed by atoms with Crippen LogP contribution in [0.5, 0.6) is 0 Å². The van der Waals surface area contributed by atoms with Gasteiger partial charge in [-0.1, -0.05) is 33.8 Å². The molecule has 23 heavy (non-hydrogen) atoms. The Morgan fingerprint density at radius 1 is 1.00 bits per heavy atom. The van der Waals surface area contributed by atoms with Crippen molar-refractivity contribution in [3.63, 3.8) is 0 Å². The summed E-state index contributed by atoms with van der Waals surface area (Å²) in [4.78, 5) is 11.0. The van der Waals surface area contributed by atoms with E-state index in [1.165, 1.54) is 16.1 Å². The molecule has 0 saturated carbocycles. The Hall–Kier alpha value is -1.68. The maximum Gasteiger partial charge on any atom is 0.126 e. The van der Waals surface area contributed by atoms with Crippen LogP contribution in [0.4, 0.5) is 0 Å². The van der Waals surface area contributed by atoms with E-state index in [0.717, 1.165) is 16.1 Å². The third-order valence-corrected chi connectivity index (χ3v) is 5.55. The Morgan fingerprint density at radius 3 is 2.30 bits per heavy atom. The zero-order valence-electron chi connectivity index (χ0n) is 14.8. The van der Waals surface area contributed by atoms with E-state index in [1.54, 1.807) is 0 Å². The fourth-order valence-electron chi connectivity index (χ4n) is 2.93. The second kappa shape index (κ2) is 6.08. The molecule has 2 aromatic heterocycles. The number of nitrogens with zero attached hydrogens (tertiary/aromatic N) is 3. The van der Waals surface area contributed by atoms with Crippen molar-refractivity contribution in [3.05, 3.63) is 35.1 Å². The first-order valence-corrected chi connectivity index (χ1v) is 9.18. The molecule has 0 spiro atoms. The standard InChI is InChI=1S/C19H25N3S/c1-11(2)16-18(12(3)4)23-19(21-16)14-8-7-9-15-17(14)20-10-22(15)13(5)6/h7-13H,1-6H3. The molecule has 0 bridgehead atoms. The highest BCUT2D eigenvalue weighted by molar-refractivity contribution is 7.15. The molecule has 122 valence electrons.